The zero-order valence-electron chi connectivity index (χ0n) is 18.1. The van der Waals surface area contributed by atoms with Crippen LogP contribution in [-0.4, -0.2) is 53.4 Å². The molecular weight excluding hydrogens is 384 g/mol. The molecule has 2 aromatic heterocycles. The Balaban J connectivity index is 1.52. The van der Waals surface area contributed by atoms with Crippen LogP contribution in [0.1, 0.15) is 21.5 Å². The number of likely N-dealkylation sites (N-methyl/N-ethyl adjacent to an activating group) is 1. The summed E-state index contributed by atoms with van der Waals surface area (Å²) in [5.74, 6) is 0.00693. The van der Waals surface area contributed by atoms with E-state index in [0.29, 0.717) is 5.56 Å². The van der Waals surface area contributed by atoms with Gasteiger partial charge in [-0.05, 0) is 60.0 Å². The summed E-state index contributed by atoms with van der Waals surface area (Å²) < 4.78 is 0. The second kappa shape index (κ2) is 7.67. The SMILES string of the molecule is CN1CCc2ccc(-c3cnc4[nH]cc(-c5ccc(C(=O)N(C)C)cc5)c4c3)cc2C1. The molecule has 2 aromatic carbocycles. The van der Waals surface area contributed by atoms with Crippen LogP contribution >= 0.6 is 0 Å². The molecule has 0 aliphatic carbocycles. The summed E-state index contributed by atoms with van der Waals surface area (Å²) in [6.07, 6.45) is 5.04. The van der Waals surface area contributed by atoms with E-state index in [9.17, 15) is 4.79 Å². The van der Waals surface area contributed by atoms with Crippen LogP contribution in [0.5, 0.6) is 0 Å². The van der Waals surface area contributed by atoms with Crippen molar-refractivity contribution in [2.75, 3.05) is 27.7 Å². The summed E-state index contributed by atoms with van der Waals surface area (Å²) in [4.78, 5) is 24.1. The third-order valence-corrected chi connectivity index (χ3v) is 6.12. The van der Waals surface area contributed by atoms with E-state index in [1.54, 1.807) is 19.0 Å². The molecule has 0 fully saturated rings. The number of hydrogen-bond donors (Lipinski definition) is 1. The number of nitrogens with zero attached hydrogens (tertiary/aromatic N) is 3. The van der Waals surface area contributed by atoms with Gasteiger partial charge in [0.25, 0.3) is 5.91 Å². The van der Waals surface area contributed by atoms with Gasteiger partial charge in [-0.2, -0.15) is 0 Å². The summed E-state index contributed by atoms with van der Waals surface area (Å²) >= 11 is 0. The Hall–Kier alpha value is -3.44. The first-order valence-electron chi connectivity index (χ1n) is 10.6. The van der Waals surface area contributed by atoms with Gasteiger partial charge in [0.05, 0.1) is 0 Å². The Morgan fingerprint density at radius 3 is 2.55 bits per heavy atom. The topological polar surface area (TPSA) is 52.2 Å². The predicted octanol–water partition coefficient (Wildman–Crippen LogP) is 4.59. The van der Waals surface area contributed by atoms with Gasteiger partial charge in [-0.15, -0.1) is 0 Å². The van der Waals surface area contributed by atoms with E-state index < -0.39 is 0 Å². The lowest BCUT2D eigenvalue weighted by Crippen LogP contribution is -2.26. The van der Waals surface area contributed by atoms with Crippen molar-refractivity contribution < 1.29 is 4.79 Å². The minimum absolute atomic E-state index is 0.00693. The highest BCUT2D eigenvalue weighted by Crippen LogP contribution is 2.32. The second-order valence-electron chi connectivity index (χ2n) is 8.57. The minimum Gasteiger partial charge on any atom is -0.346 e. The van der Waals surface area contributed by atoms with E-state index >= 15 is 0 Å². The second-order valence-corrected chi connectivity index (χ2v) is 8.57. The smallest absolute Gasteiger partial charge is 0.253 e. The lowest BCUT2D eigenvalue weighted by Gasteiger charge is -2.25. The number of aromatic amines is 1. The van der Waals surface area contributed by atoms with Gasteiger partial charge in [-0.3, -0.25) is 4.79 Å². The number of hydrogen-bond acceptors (Lipinski definition) is 3. The summed E-state index contributed by atoms with van der Waals surface area (Å²) in [7, 11) is 5.70. The zero-order chi connectivity index (χ0) is 21.5. The number of nitrogens with one attached hydrogen (secondary N) is 1. The Morgan fingerprint density at radius 2 is 1.77 bits per heavy atom. The molecule has 3 heterocycles. The molecule has 0 unspecified atom stereocenters. The first-order valence-corrected chi connectivity index (χ1v) is 10.6. The van der Waals surface area contributed by atoms with E-state index in [4.69, 9.17) is 0 Å². The van der Waals surface area contributed by atoms with E-state index in [0.717, 1.165) is 47.2 Å². The van der Waals surface area contributed by atoms with Crippen LogP contribution in [0.2, 0.25) is 0 Å². The Morgan fingerprint density at radius 1 is 1.00 bits per heavy atom. The molecule has 1 aliphatic heterocycles. The highest BCUT2D eigenvalue weighted by molar-refractivity contribution is 5.98. The summed E-state index contributed by atoms with van der Waals surface area (Å²) in [5.41, 5.74) is 8.87. The van der Waals surface area contributed by atoms with Crippen molar-refractivity contribution in [2.45, 2.75) is 13.0 Å². The summed E-state index contributed by atoms with van der Waals surface area (Å²) in [5, 5.41) is 1.08. The molecule has 31 heavy (non-hydrogen) atoms. The molecule has 0 saturated heterocycles. The standard InChI is InChI=1S/C26H26N4O/c1-29(2)26(31)19-7-5-18(6-8-19)24-15-28-25-23(24)13-21(14-27-25)20-9-4-17-10-11-30(3)16-22(17)12-20/h4-9,12-15H,10-11,16H2,1-3H3,(H,27,28). The molecule has 0 bridgehead atoms. The lowest BCUT2D eigenvalue weighted by molar-refractivity contribution is 0.0827. The van der Waals surface area contributed by atoms with Gasteiger partial charge >= 0.3 is 0 Å². The molecule has 156 valence electrons. The molecule has 5 heteroatoms. The Labute approximate surface area is 182 Å². The number of carbonyl (C=O) groups is 1. The largest absolute Gasteiger partial charge is 0.346 e. The zero-order valence-corrected chi connectivity index (χ0v) is 18.1. The highest BCUT2D eigenvalue weighted by atomic mass is 16.2. The molecule has 5 rings (SSSR count). The summed E-state index contributed by atoms with van der Waals surface area (Å²) in [6, 6.07) is 16.8. The average Bonchev–Trinajstić information content (AvgIpc) is 3.21. The maximum atomic E-state index is 12.2. The van der Waals surface area contributed by atoms with Crippen LogP contribution in [0.25, 0.3) is 33.3 Å². The molecule has 0 spiro atoms. The summed E-state index contributed by atoms with van der Waals surface area (Å²) in [6.45, 7) is 2.11. The van der Waals surface area contributed by atoms with Crippen molar-refractivity contribution in [3.8, 4) is 22.3 Å². The number of H-pyrrole nitrogens is 1. The van der Waals surface area contributed by atoms with Crippen LogP contribution in [-0.2, 0) is 13.0 Å². The number of aromatic nitrogens is 2. The van der Waals surface area contributed by atoms with Crippen LogP contribution < -0.4 is 0 Å². The molecule has 1 aliphatic rings. The monoisotopic (exact) mass is 410 g/mol. The number of amides is 1. The Bertz CT molecular complexity index is 1270. The van der Waals surface area contributed by atoms with Crippen molar-refractivity contribution in [1.29, 1.82) is 0 Å². The van der Waals surface area contributed by atoms with Gasteiger partial charge in [0.15, 0.2) is 0 Å². The van der Waals surface area contributed by atoms with Gasteiger partial charge < -0.3 is 14.8 Å². The molecule has 4 aromatic rings. The fraction of sp³-hybridized carbons (Fsp3) is 0.231. The van der Waals surface area contributed by atoms with E-state index in [1.165, 1.54) is 16.7 Å². The molecule has 1 N–H and O–H groups in total. The maximum absolute atomic E-state index is 12.2. The van der Waals surface area contributed by atoms with Crippen LogP contribution in [0.4, 0.5) is 0 Å². The third-order valence-electron chi connectivity index (χ3n) is 6.12. The van der Waals surface area contributed by atoms with E-state index in [2.05, 4.69) is 46.2 Å². The molecule has 0 saturated carbocycles. The van der Waals surface area contributed by atoms with E-state index in [-0.39, 0.29) is 5.91 Å². The van der Waals surface area contributed by atoms with Crippen LogP contribution in [0.3, 0.4) is 0 Å². The number of pyridine rings is 1. The van der Waals surface area contributed by atoms with Crippen molar-refractivity contribution in [1.82, 2.24) is 19.8 Å². The van der Waals surface area contributed by atoms with Crippen LogP contribution in [0.15, 0.2) is 60.9 Å². The minimum atomic E-state index is 0.00693. The molecule has 0 radical (unpaired) electrons. The van der Waals surface area contributed by atoms with Gasteiger partial charge in [-0.25, -0.2) is 4.98 Å². The van der Waals surface area contributed by atoms with Crippen LogP contribution in [0, 0.1) is 0 Å². The highest BCUT2D eigenvalue weighted by Gasteiger charge is 2.15. The third kappa shape index (κ3) is 3.62. The normalized spacial score (nSPS) is 13.9. The van der Waals surface area contributed by atoms with Crippen molar-refractivity contribution >= 4 is 16.9 Å². The fourth-order valence-electron chi connectivity index (χ4n) is 4.33. The maximum Gasteiger partial charge on any atom is 0.253 e. The van der Waals surface area contributed by atoms with E-state index in [1.807, 2.05) is 36.7 Å². The van der Waals surface area contributed by atoms with Crippen molar-refractivity contribution in [3.05, 3.63) is 77.6 Å². The first kappa shape index (κ1) is 19.5. The quantitative estimate of drug-likeness (QED) is 0.538. The van der Waals surface area contributed by atoms with Crippen molar-refractivity contribution in [3.63, 3.8) is 0 Å². The van der Waals surface area contributed by atoms with Gasteiger partial charge in [0, 0.05) is 61.7 Å². The van der Waals surface area contributed by atoms with Gasteiger partial charge in [-0.1, -0.05) is 24.3 Å². The molecule has 1 amide bonds. The number of carbonyl (C=O) groups excluding carboxylic acids is 1. The first-order chi connectivity index (χ1) is 15.0. The Kier molecular flexibility index (Phi) is 4.83. The predicted molar refractivity (Wildman–Crippen MR) is 125 cm³/mol. The molecule has 5 nitrogen and oxygen atoms in total. The van der Waals surface area contributed by atoms with Gasteiger partial charge in [0.2, 0.25) is 0 Å². The number of fused-ring (bicyclic) bond motifs is 2. The average molecular weight is 411 g/mol. The number of rotatable bonds is 3. The fourth-order valence-corrected chi connectivity index (χ4v) is 4.33. The molecular formula is C26H26N4O. The van der Waals surface area contributed by atoms with Crippen molar-refractivity contribution in [2.24, 2.45) is 0 Å². The lowest BCUT2D eigenvalue weighted by atomic mass is 9.95. The number of benzene rings is 2. The molecule has 0 atom stereocenters. The van der Waals surface area contributed by atoms with Gasteiger partial charge in [0.1, 0.15) is 5.65 Å².